The highest BCUT2D eigenvalue weighted by Crippen LogP contribution is 2.10. The third-order valence-electron chi connectivity index (χ3n) is 2.80. The second-order valence-electron chi connectivity index (χ2n) is 4.35. The number of hydrogen-bond donors (Lipinski definition) is 2. The van der Waals surface area contributed by atoms with Gasteiger partial charge in [-0.05, 0) is 29.8 Å². The van der Waals surface area contributed by atoms with E-state index >= 15 is 0 Å². The predicted octanol–water partition coefficient (Wildman–Crippen LogP) is 1.40. The van der Waals surface area contributed by atoms with E-state index in [1.54, 1.807) is 12.1 Å². The number of nitrogens with one attached hydrogen (secondary N) is 1. The standard InChI is InChI=1S/C14H13FN2O3S/c15-13-7-2-1-6-12(13)14(18)17-9-10-4-3-5-11(8-10)21(16,19)20/h1-8H,9H2,(H,17,18)(H2,16,19,20). The quantitative estimate of drug-likeness (QED) is 0.894. The Morgan fingerprint density at radius 1 is 1.14 bits per heavy atom. The van der Waals surface area contributed by atoms with E-state index in [-0.39, 0.29) is 17.0 Å². The lowest BCUT2D eigenvalue weighted by molar-refractivity contribution is 0.0947. The minimum atomic E-state index is -3.80. The number of carbonyl (C=O) groups is 1. The predicted molar refractivity (Wildman–Crippen MR) is 75.4 cm³/mol. The fraction of sp³-hybridized carbons (Fsp3) is 0.0714. The van der Waals surface area contributed by atoms with Gasteiger partial charge in [0, 0.05) is 6.54 Å². The van der Waals surface area contributed by atoms with Crippen LogP contribution in [-0.4, -0.2) is 14.3 Å². The van der Waals surface area contributed by atoms with Crippen LogP contribution in [0, 0.1) is 5.82 Å². The fourth-order valence-corrected chi connectivity index (χ4v) is 2.34. The molecule has 0 aliphatic carbocycles. The molecule has 1 amide bonds. The Hall–Kier alpha value is -2.25. The molecule has 0 fully saturated rings. The summed E-state index contributed by atoms with van der Waals surface area (Å²) in [6.45, 7) is 0.0660. The van der Waals surface area contributed by atoms with Crippen LogP contribution in [0.15, 0.2) is 53.4 Å². The van der Waals surface area contributed by atoms with Crippen LogP contribution in [0.3, 0.4) is 0 Å². The number of primary sulfonamides is 1. The molecule has 0 atom stereocenters. The first-order valence-electron chi connectivity index (χ1n) is 6.02. The van der Waals surface area contributed by atoms with Crippen LogP contribution >= 0.6 is 0 Å². The van der Waals surface area contributed by atoms with Gasteiger partial charge in [-0.25, -0.2) is 17.9 Å². The lowest BCUT2D eigenvalue weighted by Gasteiger charge is -2.07. The lowest BCUT2D eigenvalue weighted by Crippen LogP contribution is -2.24. The first-order valence-corrected chi connectivity index (χ1v) is 7.57. The lowest BCUT2D eigenvalue weighted by atomic mass is 10.2. The van der Waals surface area contributed by atoms with E-state index in [0.29, 0.717) is 5.56 Å². The van der Waals surface area contributed by atoms with Gasteiger partial charge < -0.3 is 5.32 Å². The van der Waals surface area contributed by atoms with Crippen LogP contribution in [0.2, 0.25) is 0 Å². The molecule has 0 aliphatic rings. The van der Waals surface area contributed by atoms with Gasteiger partial charge in [-0.1, -0.05) is 24.3 Å². The third-order valence-corrected chi connectivity index (χ3v) is 3.71. The van der Waals surface area contributed by atoms with Crippen molar-refractivity contribution in [2.75, 3.05) is 0 Å². The molecule has 2 aromatic rings. The third kappa shape index (κ3) is 3.87. The van der Waals surface area contributed by atoms with Crippen LogP contribution in [-0.2, 0) is 16.6 Å². The molecule has 2 aromatic carbocycles. The van der Waals surface area contributed by atoms with Crippen LogP contribution in [0.1, 0.15) is 15.9 Å². The Morgan fingerprint density at radius 3 is 2.52 bits per heavy atom. The molecule has 0 spiro atoms. The Bertz CT molecular complexity index is 775. The summed E-state index contributed by atoms with van der Waals surface area (Å²) in [5.74, 6) is -1.19. The smallest absolute Gasteiger partial charge is 0.254 e. The van der Waals surface area contributed by atoms with Crippen LogP contribution in [0.5, 0.6) is 0 Å². The number of benzene rings is 2. The van der Waals surface area contributed by atoms with Crippen molar-refractivity contribution in [2.24, 2.45) is 5.14 Å². The fourth-order valence-electron chi connectivity index (χ4n) is 1.76. The summed E-state index contributed by atoms with van der Waals surface area (Å²) in [6, 6.07) is 11.5. The molecule has 0 aliphatic heterocycles. The number of carbonyl (C=O) groups excluding carboxylic acids is 1. The zero-order valence-electron chi connectivity index (χ0n) is 10.9. The summed E-state index contributed by atoms with van der Waals surface area (Å²) >= 11 is 0. The molecular formula is C14H13FN2O3S. The van der Waals surface area contributed by atoms with Crippen LogP contribution < -0.4 is 10.5 Å². The molecule has 0 saturated heterocycles. The van der Waals surface area contributed by atoms with Crippen molar-refractivity contribution in [3.8, 4) is 0 Å². The second-order valence-corrected chi connectivity index (χ2v) is 5.92. The summed E-state index contributed by atoms with van der Waals surface area (Å²) in [5, 5.41) is 7.55. The average Bonchev–Trinajstić information content (AvgIpc) is 2.45. The summed E-state index contributed by atoms with van der Waals surface area (Å²) in [6.07, 6.45) is 0. The molecule has 21 heavy (non-hydrogen) atoms. The molecule has 0 saturated carbocycles. The first-order chi connectivity index (χ1) is 9.88. The van der Waals surface area contributed by atoms with Crippen molar-refractivity contribution < 1.29 is 17.6 Å². The van der Waals surface area contributed by atoms with Gasteiger partial charge in [-0.2, -0.15) is 0 Å². The SMILES string of the molecule is NS(=O)(=O)c1cccc(CNC(=O)c2ccccc2F)c1. The Labute approximate surface area is 121 Å². The summed E-state index contributed by atoms with van der Waals surface area (Å²) in [7, 11) is -3.80. The van der Waals surface area contributed by atoms with Crippen LogP contribution in [0.25, 0.3) is 0 Å². The minimum absolute atomic E-state index is 0.0415. The maximum absolute atomic E-state index is 13.4. The van der Waals surface area contributed by atoms with Gasteiger partial charge in [-0.15, -0.1) is 0 Å². The van der Waals surface area contributed by atoms with Crippen molar-refractivity contribution in [3.05, 3.63) is 65.5 Å². The van der Waals surface area contributed by atoms with Gasteiger partial charge in [0.2, 0.25) is 10.0 Å². The molecule has 2 rings (SSSR count). The molecule has 0 heterocycles. The Kier molecular flexibility index (Phi) is 4.35. The van der Waals surface area contributed by atoms with Crippen molar-refractivity contribution in [3.63, 3.8) is 0 Å². The number of hydrogen-bond acceptors (Lipinski definition) is 3. The normalized spacial score (nSPS) is 11.1. The highest BCUT2D eigenvalue weighted by atomic mass is 32.2. The number of nitrogens with two attached hydrogens (primary N) is 1. The summed E-state index contributed by atoms with van der Waals surface area (Å²) in [5.41, 5.74) is 0.478. The van der Waals surface area contributed by atoms with E-state index in [1.165, 1.54) is 36.4 Å². The van der Waals surface area contributed by atoms with Gasteiger partial charge in [0.25, 0.3) is 5.91 Å². The monoisotopic (exact) mass is 308 g/mol. The number of rotatable bonds is 4. The second kappa shape index (κ2) is 6.02. The molecule has 0 bridgehead atoms. The average molecular weight is 308 g/mol. The molecule has 110 valence electrons. The highest BCUT2D eigenvalue weighted by Gasteiger charge is 2.11. The van der Waals surface area contributed by atoms with Crippen molar-refractivity contribution in [1.29, 1.82) is 0 Å². The maximum Gasteiger partial charge on any atom is 0.254 e. The topological polar surface area (TPSA) is 89.3 Å². The molecule has 0 unspecified atom stereocenters. The molecular weight excluding hydrogens is 295 g/mol. The van der Waals surface area contributed by atoms with Gasteiger partial charge in [-0.3, -0.25) is 4.79 Å². The number of sulfonamides is 1. The van der Waals surface area contributed by atoms with E-state index in [4.69, 9.17) is 5.14 Å². The summed E-state index contributed by atoms with van der Waals surface area (Å²) < 4.78 is 35.9. The zero-order valence-corrected chi connectivity index (χ0v) is 11.7. The molecule has 5 nitrogen and oxygen atoms in total. The van der Waals surface area contributed by atoms with Gasteiger partial charge in [0.1, 0.15) is 5.82 Å². The van der Waals surface area contributed by atoms with Gasteiger partial charge in [0.15, 0.2) is 0 Å². The molecule has 7 heteroatoms. The van der Waals surface area contributed by atoms with E-state index in [0.717, 1.165) is 0 Å². The molecule has 0 aromatic heterocycles. The molecule has 0 radical (unpaired) electrons. The first kappa shape index (κ1) is 15.1. The van der Waals surface area contributed by atoms with Crippen molar-refractivity contribution >= 4 is 15.9 Å². The van der Waals surface area contributed by atoms with Crippen molar-refractivity contribution in [1.82, 2.24) is 5.32 Å². The number of amides is 1. The zero-order chi connectivity index (χ0) is 15.5. The Morgan fingerprint density at radius 2 is 1.86 bits per heavy atom. The Balaban J connectivity index is 2.11. The molecule has 3 N–H and O–H groups in total. The van der Waals surface area contributed by atoms with E-state index in [2.05, 4.69) is 5.32 Å². The highest BCUT2D eigenvalue weighted by molar-refractivity contribution is 7.89. The van der Waals surface area contributed by atoms with Crippen molar-refractivity contribution in [2.45, 2.75) is 11.4 Å². The summed E-state index contributed by atoms with van der Waals surface area (Å²) in [4.78, 5) is 11.8. The largest absolute Gasteiger partial charge is 0.348 e. The number of halogens is 1. The van der Waals surface area contributed by atoms with Gasteiger partial charge >= 0.3 is 0 Å². The van der Waals surface area contributed by atoms with E-state index < -0.39 is 21.7 Å². The van der Waals surface area contributed by atoms with E-state index in [1.807, 2.05) is 0 Å². The van der Waals surface area contributed by atoms with E-state index in [9.17, 15) is 17.6 Å². The van der Waals surface area contributed by atoms with Gasteiger partial charge in [0.05, 0.1) is 10.5 Å². The van der Waals surface area contributed by atoms with Crippen LogP contribution in [0.4, 0.5) is 4.39 Å². The maximum atomic E-state index is 13.4. The minimum Gasteiger partial charge on any atom is -0.348 e.